The molecular formula is C10H10N6O. The van der Waals surface area contributed by atoms with Crippen LogP contribution in [0.1, 0.15) is 5.56 Å². The third-order valence-corrected chi connectivity index (χ3v) is 1.96. The van der Waals surface area contributed by atoms with Gasteiger partial charge in [0.1, 0.15) is 12.7 Å². The number of benzene rings is 1. The normalized spacial score (nSPS) is 10.6. The van der Waals surface area contributed by atoms with Crippen molar-refractivity contribution in [3.63, 3.8) is 0 Å². The van der Waals surface area contributed by atoms with Crippen LogP contribution < -0.4 is 11.2 Å². The summed E-state index contributed by atoms with van der Waals surface area (Å²) in [5, 5.41) is 7.65. The molecule has 2 aromatic rings. The molecule has 2 rings (SSSR count). The number of rotatable bonds is 3. The molecule has 0 saturated heterocycles. The van der Waals surface area contributed by atoms with E-state index in [0.717, 1.165) is 11.3 Å². The number of urea groups is 1. The average Bonchev–Trinajstić information content (AvgIpc) is 2.83. The van der Waals surface area contributed by atoms with Gasteiger partial charge in [0.2, 0.25) is 0 Å². The van der Waals surface area contributed by atoms with E-state index >= 15 is 0 Å². The Morgan fingerprint density at radius 1 is 1.41 bits per heavy atom. The molecule has 2 amide bonds. The number of nitrogens with zero attached hydrogens (tertiary/aromatic N) is 4. The number of carbonyl (C=O) groups excluding carboxylic acids is 1. The van der Waals surface area contributed by atoms with Crippen molar-refractivity contribution in [2.45, 2.75) is 0 Å². The Kier molecular flexibility index (Phi) is 3.10. The van der Waals surface area contributed by atoms with Crippen LogP contribution in [0.2, 0.25) is 0 Å². The van der Waals surface area contributed by atoms with Gasteiger partial charge in [-0.3, -0.25) is 0 Å². The fourth-order valence-electron chi connectivity index (χ4n) is 1.23. The minimum absolute atomic E-state index is 0.694. The Morgan fingerprint density at radius 2 is 2.18 bits per heavy atom. The van der Waals surface area contributed by atoms with Crippen LogP contribution in [0.25, 0.3) is 5.69 Å². The van der Waals surface area contributed by atoms with Crippen molar-refractivity contribution in [1.82, 2.24) is 20.2 Å². The van der Waals surface area contributed by atoms with Crippen LogP contribution in [-0.4, -0.2) is 27.0 Å². The van der Waals surface area contributed by atoms with E-state index in [1.54, 1.807) is 11.0 Å². The molecule has 86 valence electrons. The molecular weight excluding hydrogens is 220 g/mol. The number of hydrogen-bond acceptors (Lipinski definition) is 4. The summed E-state index contributed by atoms with van der Waals surface area (Å²) in [5.74, 6) is 0. The number of amides is 2. The maximum absolute atomic E-state index is 10.4. The lowest BCUT2D eigenvalue weighted by atomic mass is 10.2. The minimum atomic E-state index is -0.694. The number of aromatic nitrogens is 3. The lowest BCUT2D eigenvalue weighted by Gasteiger charge is -2.00. The first-order chi connectivity index (χ1) is 8.25. The zero-order chi connectivity index (χ0) is 12.1. The summed E-state index contributed by atoms with van der Waals surface area (Å²) in [7, 11) is 0. The van der Waals surface area contributed by atoms with Crippen LogP contribution in [0.4, 0.5) is 4.79 Å². The maximum Gasteiger partial charge on any atom is 0.332 e. The van der Waals surface area contributed by atoms with Crippen LogP contribution >= 0.6 is 0 Å². The first kappa shape index (κ1) is 10.8. The van der Waals surface area contributed by atoms with Crippen LogP contribution in [0.3, 0.4) is 0 Å². The van der Waals surface area contributed by atoms with Gasteiger partial charge in [0.05, 0.1) is 11.9 Å². The molecule has 7 heteroatoms. The highest BCUT2D eigenvalue weighted by Crippen LogP contribution is 2.06. The molecule has 0 bridgehead atoms. The molecule has 0 radical (unpaired) electrons. The lowest BCUT2D eigenvalue weighted by Crippen LogP contribution is -2.24. The highest BCUT2D eigenvalue weighted by molar-refractivity contribution is 5.81. The van der Waals surface area contributed by atoms with E-state index in [1.807, 2.05) is 24.3 Å². The van der Waals surface area contributed by atoms with E-state index in [1.165, 1.54) is 12.5 Å². The fourth-order valence-corrected chi connectivity index (χ4v) is 1.23. The molecule has 0 atom stereocenters. The molecule has 7 nitrogen and oxygen atoms in total. The quantitative estimate of drug-likeness (QED) is 0.584. The molecule has 1 aromatic carbocycles. The molecule has 0 aliphatic carbocycles. The molecule has 0 spiro atoms. The number of hydrogen-bond donors (Lipinski definition) is 2. The molecule has 0 saturated carbocycles. The van der Waals surface area contributed by atoms with Crippen molar-refractivity contribution >= 4 is 12.2 Å². The SMILES string of the molecule is NC(=O)NN=Cc1ccc(-n2cncn2)cc1. The lowest BCUT2D eigenvalue weighted by molar-refractivity contribution is 0.249. The van der Waals surface area contributed by atoms with Gasteiger partial charge in [-0.15, -0.1) is 0 Å². The Balaban J connectivity index is 2.08. The predicted octanol–water partition coefficient (Wildman–Crippen LogP) is 0.269. The Labute approximate surface area is 97.0 Å². The van der Waals surface area contributed by atoms with Gasteiger partial charge in [0.15, 0.2) is 0 Å². The highest BCUT2D eigenvalue weighted by Gasteiger charge is 1.95. The zero-order valence-corrected chi connectivity index (χ0v) is 8.82. The largest absolute Gasteiger partial charge is 0.350 e. The van der Waals surface area contributed by atoms with Crippen molar-refractivity contribution < 1.29 is 4.79 Å². The molecule has 3 N–H and O–H groups in total. The van der Waals surface area contributed by atoms with Crippen molar-refractivity contribution in [3.05, 3.63) is 42.5 Å². The van der Waals surface area contributed by atoms with E-state index in [2.05, 4.69) is 20.6 Å². The summed E-state index contributed by atoms with van der Waals surface area (Å²) >= 11 is 0. The van der Waals surface area contributed by atoms with Crippen LogP contribution in [0.15, 0.2) is 42.0 Å². The average molecular weight is 230 g/mol. The number of primary amides is 1. The van der Waals surface area contributed by atoms with Gasteiger partial charge in [-0.1, -0.05) is 12.1 Å². The highest BCUT2D eigenvalue weighted by atomic mass is 16.2. The van der Waals surface area contributed by atoms with Crippen LogP contribution in [0, 0.1) is 0 Å². The zero-order valence-electron chi connectivity index (χ0n) is 8.82. The van der Waals surface area contributed by atoms with Crippen molar-refractivity contribution in [3.8, 4) is 5.69 Å². The third kappa shape index (κ3) is 2.88. The van der Waals surface area contributed by atoms with Crippen LogP contribution in [0.5, 0.6) is 0 Å². The van der Waals surface area contributed by atoms with E-state index in [-0.39, 0.29) is 0 Å². The smallest absolute Gasteiger partial charge is 0.332 e. The van der Waals surface area contributed by atoms with Gasteiger partial charge in [-0.2, -0.15) is 10.2 Å². The standard InChI is InChI=1S/C10H10N6O/c11-10(17)15-13-5-8-1-3-9(4-2-8)16-7-12-6-14-16/h1-7H,(H3,11,15,17). The molecule has 0 fully saturated rings. The van der Waals surface area contributed by atoms with E-state index in [4.69, 9.17) is 5.73 Å². The fraction of sp³-hybridized carbons (Fsp3) is 0. The van der Waals surface area contributed by atoms with E-state index in [0.29, 0.717) is 0 Å². The molecule has 1 heterocycles. The minimum Gasteiger partial charge on any atom is -0.350 e. The number of nitrogens with two attached hydrogens (primary N) is 1. The van der Waals surface area contributed by atoms with Gasteiger partial charge in [0, 0.05) is 0 Å². The van der Waals surface area contributed by atoms with Crippen molar-refractivity contribution in [2.75, 3.05) is 0 Å². The number of nitrogens with one attached hydrogen (secondary N) is 1. The second-order valence-electron chi connectivity index (χ2n) is 3.17. The molecule has 0 unspecified atom stereocenters. The van der Waals surface area contributed by atoms with Crippen LogP contribution in [-0.2, 0) is 0 Å². The summed E-state index contributed by atoms with van der Waals surface area (Å²) in [6.45, 7) is 0. The number of hydrazone groups is 1. The summed E-state index contributed by atoms with van der Waals surface area (Å²) in [6, 6.07) is 6.70. The number of carbonyl (C=O) groups is 1. The first-order valence-electron chi connectivity index (χ1n) is 4.79. The second kappa shape index (κ2) is 4.88. The summed E-state index contributed by atoms with van der Waals surface area (Å²) in [4.78, 5) is 14.2. The van der Waals surface area contributed by atoms with E-state index < -0.39 is 6.03 Å². The second-order valence-corrected chi connectivity index (χ2v) is 3.17. The van der Waals surface area contributed by atoms with E-state index in [9.17, 15) is 4.79 Å². The predicted molar refractivity (Wildman–Crippen MR) is 61.7 cm³/mol. The van der Waals surface area contributed by atoms with Gasteiger partial charge in [0.25, 0.3) is 0 Å². The van der Waals surface area contributed by atoms with Crippen molar-refractivity contribution in [1.29, 1.82) is 0 Å². The molecule has 0 aliphatic rings. The van der Waals surface area contributed by atoms with Crippen molar-refractivity contribution in [2.24, 2.45) is 10.8 Å². The Hall–Kier alpha value is -2.70. The monoisotopic (exact) mass is 230 g/mol. The molecule has 17 heavy (non-hydrogen) atoms. The third-order valence-electron chi connectivity index (χ3n) is 1.96. The Bertz CT molecular complexity index is 516. The molecule has 1 aromatic heterocycles. The first-order valence-corrected chi connectivity index (χ1v) is 4.79. The molecule has 0 aliphatic heterocycles. The summed E-state index contributed by atoms with van der Waals surface area (Å²) in [6.07, 6.45) is 4.57. The summed E-state index contributed by atoms with van der Waals surface area (Å²) in [5.41, 5.74) is 8.71. The summed E-state index contributed by atoms with van der Waals surface area (Å²) < 4.78 is 1.64. The van der Waals surface area contributed by atoms with Gasteiger partial charge in [-0.05, 0) is 17.7 Å². The Morgan fingerprint density at radius 3 is 2.76 bits per heavy atom. The topological polar surface area (TPSA) is 98.2 Å². The maximum atomic E-state index is 10.4. The van der Waals surface area contributed by atoms with Gasteiger partial charge >= 0.3 is 6.03 Å². The van der Waals surface area contributed by atoms with Gasteiger partial charge in [-0.25, -0.2) is 19.9 Å². The van der Waals surface area contributed by atoms with Gasteiger partial charge < -0.3 is 5.73 Å².